The Labute approximate surface area is 171 Å². The molecule has 2 heterocycles. The Morgan fingerprint density at radius 2 is 1.55 bits per heavy atom. The van der Waals surface area contributed by atoms with Gasteiger partial charge in [-0.05, 0) is 48.5 Å². The van der Waals surface area contributed by atoms with Gasteiger partial charge in [0.1, 0.15) is 0 Å². The molecular weight excluding hydrogens is 422 g/mol. The molecule has 158 valence electrons. The van der Waals surface area contributed by atoms with Crippen molar-refractivity contribution in [1.82, 2.24) is 15.2 Å². The molecule has 4 rings (SSSR count). The summed E-state index contributed by atoms with van der Waals surface area (Å²) in [5, 5.41) is 11.3. The highest BCUT2D eigenvalue weighted by molar-refractivity contribution is 5.94. The third-order valence-electron chi connectivity index (χ3n) is 4.52. The van der Waals surface area contributed by atoms with Crippen molar-refractivity contribution in [3.05, 3.63) is 78.1 Å². The number of pyridine rings is 1. The standard InChI is InChI=1S/C21H12F6N4/c22-20(23,24)13-4-6-14(7-5-13)30-18-11-29-31-17-10-12(3-8-15(17)18)19-16(21(25,26)27)2-1-9-28-19/h1-11H,(H,30,31). The molecule has 0 saturated carbocycles. The van der Waals surface area contributed by atoms with Crippen LogP contribution in [0.25, 0.3) is 22.2 Å². The zero-order valence-electron chi connectivity index (χ0n) is 15.5. The van der Waals surface area contributed by atoms with Gasteiger partial charge in [-0.25, -0.2) is 0 Å². The van der Waals surface area contributed by atoms with Crippen LogP contribution in [0.3, 0.4) is 0 Å². The molecule has 2 aromatic heterocycles. The minimum Gasteiger partial charge on any atom is -0.354 e. The zero-order valence-corrected chi connectivity index (χ0v) is 15.5. The van der Waals surface area contributed by atoms with Crippen LogP contribution in [-0.4, -0.2) is 15.2 Å². The second kappa shape index (κ2) is 7.53. The van der Waals surface area contributed by atoms with Gasteiger partial charge in [-0.15, -0.1) is 0 Å². The molecule has 4 nitrogen and oxygen atoms in total. The predicted molar refractivity (Wildman–Crippen MR) is 102 cm³/mol. The first-order valence-corrected chi connectivity index (χ1v) is 8.85. The molecule has 0 fully saturated rings. The van der Waals surface area contributed by atoms with E-state index in [-0.39, 0.29) is 11.3 Å². The number of hydrogen-bond acceptors (Lipinski definition) is 4. The van der Waals surface area contributed by atoms with E-state index in [4.69, 9.17) is 0 Å². The summed E-state index contributed by atoms with van der Waals surface area (Å²) in [6.07, 6.45) is -6.37. The van der Waals surface area contributed by atoms with E-state index in [1.807, 2.05) is 0 Å². The van der Waals surface area contributed by atoms with Crippen molar-refractivity contribution >= 4 is 22.3 Å². The molecule has 0 atom stereocenters. The van der Waals surface area contributed by atoms with E-state index in [0.717, 1.165) is 18.2 Å². The van der Waals surface area contributed by atoms with Gasteiger partial charge >= 0.3 is 12.4 Å². The van der Waals surface area contributed by atoms with E-state index < -0.39 is 23.5 Å². The van der Waals surface area contributed by atoms with Crippen LogP contribution in [0.1, 0.15) is 11.1 Å². The Bertz CT molecular complexity index is 1230. The van der Waals surface area contributed by atoms with Gasteiger partial charge in [0, 0.05) is 22.8 Å². The van der Waals surface area contributed by atoms with E-state index in [2.05, 4.69) is 20.5 Å². The third kappa shape index (κ3) is 4.27. The summed E-state index contributed by atoms with van der Waals surface area (Å²) in [6.45, 7) is 0. The van der Waals surface area contributed by atoms with Crippen LogP contribution in [0.15, 0.2) is 67.0 Å². The van der Waals surface area contributed by atoms with Gasteiger partial charge in [-0.3, -0.25) is 4.98 Å². The average molecular weight is 434 g/mol. The molecule has 0 aliphatic carbocycles. The van der Waals surface area contributed by atoms with Crippen LogP contribution >= 0.6 is 0 Å². The van der Waals surface area contributed by atoms with Crippen LogP contribution in [0, 0.1) is 0 Å². The molecule has 0 aliphatic rings. The molecule has 10 heteroatoms. The Balaban J connectivity index is 1.70. The molecule has 2 aromatic carbocycles. The second-order valence-electron chi connectivity index (χ2n) is 6.59. The Morgan fingerprint density at radius 3 is 2.23 bits per heavy atom. The Kier molecular flexibility index (Phi) is 5.00. The average Bonchev–Trinajstić information content (AvgIpc) is 2.73. The number of hydrogen-bond donors (Lipinski definition) is 1. The van der Waals surface area contributed by atoms with E-state index in [9.17, 15) is 26.3 Å². The number of nitrogens with one attached hydrogen (secondary N) is 1. The number of nitrogens with zero attached hydrogens (tertiary/aromatic N) is 3. The molecule has 0 saturated heterocycles. The monoisotopic (exact) mass is 434 g/mol. The maximum Gasteiger partial charge on any atom is 0.418 e. The van der Waals surface area contributed by atoms with Gasteiger partial charge in [0.2, 0.25) is 0 Å². The fraction of sp³-hybridized carbons (Fsp3) is 0.0952. The number of benzene rings is 2. The van der Waals surface area contributed by atoms with E-state index >= 15 is 0 Å². The summed E-state index contributed by atoms with van der Waals surface area (Å²) in [7, 11) is 0. The normalized spacial score (nSPS) is 12.2. The molecule has 0 unspecified atom stereocenters. The highest BCUT2D eigenvalue weighted by Crippen LogP contribution is 2.37. The number of halogens is 6. The van der Waals surface area contributed by atoms with Gasteiger partial charge in [0.15, 0.2) is 0 Å². The lowest BCUT2D eigenvalue weighted by Gasteiger charge is -2.13. The topological polar surface area (TPSA) is 50.7 Å². The lowest BCUT2D eigenvalue weighted by molar-refractivity contribution is -0.138. The highest BCUT2D eigenvalue weighted by atomic mass is 19.4. The first kappa shape index (κ1) is 20.6. The smallest absolute Gasteiger partial charge is 0.354 e. The minimum atomic E-state index is -4.57. The highest BCUT2D eigenvalue weighted by Gasteiger charge is 2.34. The molecule has 31 heavy (non-hydrogen) atoms. The minimum absolute atomic E-state index is 0.210. The zero-order chi connectivity index (χ0) is 22.2. The Hall–Kier alpha value is -3.69. The van der Waals surface area contributed by atoms with Gasteiger partial charge in [0.05, 0.1) is 34.2 Å². The molecule has 1 N–H and O–H groups in total. The van der Waals surface area contributed by atoms with Crippen molar-refractivity contribution in [2.75, 3.05) is 5.32 Å². The van der Waals surface area contributed by atoms with Crippen LogP contribution in [-0.2, 0) is 12.4 Å². The summed E-state index contributed by atoms with van der Waals surface area (Å²) in [5.74, 6) is 0. The molecule has 0 radical (unpaired) electrons. The lowest BCUT2D eigenvalue weighted by Crippen LogP contribution is -2.08. The predicted octanol–water partition coefficient (Wildman–Crippen LogP) is 6.47. The van der Waals surface area contributed by atoms with Crippen LogP contribution in [0.4, 0.5) is 37.7 Å². The fourth-order valence-electron chi connectivity index (χ4n) is 3.07. The molecule has 0 spiro atoms. The first-order valence-electron chi connectivity index (χ1n) is 8.85. The van der Waals surface area contributed by atoms with E-state index in [1.54, 1.807) is 6.07 Å². The lowest BCUT2D eigenvalue weighted by atomic mass is 10.0. The van der Waals surface area contributed by atoms with Gasteiger partial charge < -0.3 is 5.32 Å². The van der Waals surface area contributed by atoms with Crippen molar-refractivity contribution in [2.45, 2.75) is 12.4 Å². The molecule has 0 aliphatic heterocycles. The van der Waals surface area contributed by atoms with Gasteiger partial charge in [0.25, 0.3) is 0 Å². The number of alkyl halides is 6. The first-order chi connectivity index (χ1) is 14.6. The van der Waals surface area contributed by atoms with Gasteiger partial charge in [-0.1, -0.05) is 6.07 Å². The molecular formula is C21H12F6N4. The molecule has 4 aromatic rings. The summed E-state index contributed by atoms with van der Waals surface area (Å²) in [6, 6.07) is 11.0. The van der Waals surface area contributed by atoms with Crippen molar-refractivity contribution in [3.63, 3.8) is 0 Å². The quantitative estimate of drug-likeness (QED) is 0.376. The summed E-state index contributed by atoms with van der Waals surface area (Å²) >= 11 is 0. The van der Waals surface area contributed by atoms with Crippen molar-refractivity contribution in [1.29, 1.82) is 0 Å². The SMILES string of the molecule is FC(F)(F)c1ccc(Nc2cnnc3cc(-c4ncccc4C(F)(F)F)ccc23)cc1. The number of rotatable bonds is 3. The summed E-state index contributed by atoms with van der Waals surface area (Å²) < 4.78 is 78.1. The number of anilines is 2. The molecule has 0 amide bonds. The van der Waals surface area contributed by atoms with E-state index in [0.29, 0.717) is 22.3 Å². The third-order valence-corrected chi connectivity index (χ3v) is 4.52. The number of fused-ring (bicyclic) bond motifs is 1. The summed E-state index contributed by atoms with van der Waals surface area (Å²) in [4.78, 5) is 3.86. The molecule has 0 bridgehead atoms. The van der Waals surface area contributed by atoms with Gasteiger partial charge in [-0.2, -0.15) is 36.5 Å². The van der Waals surface area contributed by atoms with Crippen molar-refractivity contribution in [2.24, 2.45) is 0 Å². The van der Waals surface area contributed by atoms with Crippen molar-refractivity contribution in [3.8, 4) is 11.3 Å². The van der Waals surface area contributed by atoms with Crippen LogP contribution in [0.5, 0.6) is 0 Å². The fourth-order valence-corrected chi connectivity index (χ4v) is 3.07. The maximum absolute atomic E-state index is 13.3. The van der Waals surface area contributed by atoms with Crippen molar-refractivity contribution < 1.29 is 26.3 Å². The number of aromatic nitrogens is 3. The Morgan fingerprint density at radius 1 is 0.806 bits per heavy atom. The van der Waals surface area contributed by atoms with Crippen LogP contribution < -0.4 is 5.32 Å². The summed E-state index contributed by atoms with van der Waals surface area (Å²) in [5.41, 5.74) is -0.559. The maximum atomic E-state index is 13.3. The van der Waals surface area contributed by atoms with Crippen LogP contribution in [0.2, 0.25) is 0 Å². The van der Waals surface area contributed by atoms with E-state index in [1.165, 1.54) is 42.7 Å². The largest absolute Gasteiger partial charge is 0.418 e. The second-order valence-corrected chi connectivity index (χ2v) is 6.59.